The number of halogens is 1. The van der Waals surface area contributed by atoms with Crippen molar-refractivity contribution in [2.45, 2.75) is 25.4 Å². The lowest BCUT2D eigenvalue weighted by Crippen LogP contribution is -2.24. The molecule has 3 rings (SSSR count). The molecule has 1 aliphatic carbocycles. The third-order valence-corrected chi connectivity index (χ3v) is 3.90. The largest absolute Gasteiger partial charge is 0.444 e. The Morgan fingerprint density at radius 1 is 1.26 bits per heavy atom. The smallest absolute Gasteiger partial charge is 0.414 e. The Morgan fingerprint density at radius 2 is 2.09 bits per heavy atom. The number of anilines is 1. The summed E-state index contributed by atoms with van der Waals surface area (Å²) in [5, 5.41) is 0. The van der Waals surface area contributed by atoms with E-state index in [1.54, 1.807) is 17.0 Å². The Hall–Kier alpha value is -2.58. The molecule has 2 aliphatic rings. The van der Waals surface area contributed by atoms with Crippen LogP contribution in [0.15, 0.2) is 65.9 Å². The third-order valence-electron chi connectivity index (χ3n) is 3.90. The molecule has 1 amide bonds. The van der Waals surface area contributed by atoms with Gasteiger partial charge in [-0.2, -0.15) is 0 Å². The molecule has 1 unspecified atom stereocenters. The quantitative estimate of drug-likeness (QED) is 0.748. The van der Waals surface area contributed by atoms with Gasteiger partial charge in [0.05, 0.1) is 6.54 Å². The molecule has 0 N–H and O–H groups in total. The topological polar surface area (TPSA) is 29.5 Å². The minimum Gasteiger partial charge on any atom is -0.444 e. The fourth-order valence-electron chi connectivity index (χ4n) is 2.70. The Labute approximate surface area is 135 Å². The molecule has 1 heterocycles. The number of allylic oxidation sites excluding steroid dienone is 5. The molecule has 0 bridgehead atoms. The number of carbonyl (C=O) groups is 1. The van der Waals surface area contributed by atoms with Crippen molar-refractivity contribution in [3.63, 3.8) is 0 Å². The maximum absolute atomic E-state index is 13.0. The van der Waals surface area contributed by atoms with Gasteiger partial charge < -0.3 is 4.74 Å². The maximum Gasteiger partial charge on any atom is 0.414 e. The lowest BCUT2D eigenvalue weighted by atomic mass is 10.1. The number of rotatable bonds is 5. The number of cyclic esters (lactones) is 1. The first-order valence-corrected chi connectivity index (χ1v) is 7.74. The molecule has 0 spiro atoms. The van der Waals surface area contributed by atoms with E-state index >= 15 is 0 Å². The van der Waals surface area contributed by atoms with Gasteiger partial charge in [-0.1, -0.05) is 18.2 Å². The number of hydrogen-bond acceptors (Lipinski definition) is 2. The van der Waals surface area contributed by atoms with Crippen molar-refractivity contribution in [3.8, 4) is 0 Å². The van der Waals surface area contributed by atoms with Crippen LogP contribution >= 0.6 is 0 Å². The van der Waals surface area contributed by atoms with Crippen LogP contribution in [0.3, 0.4) is 0 Å². The van der Waals surface area contributed by atoms with Crippen LogP contribution in [0.1, 0.15) is 19.3 Å². The molecule has 0 saturated carbocycles. The summed E-state index contributed by atoms with van der Waals surface area (Å²) in [4.78, 5) is 13.5. The lowest BCUT2D eigenvalue weighted by Gasteiger charge is -2.12. The molecule has 4 heteroatoms. The number of carbonyl (C=O) groups excluding carboxylic acids is 1. The highest BCUT2D eigenvalue weighted by atomic mass is 19.1. The molecule has 1 aromatic rings. The highest BCUT2D eigenvalue weighted by Crippen LogP contribution is 2.24. The first-order chi connectivity index (χ1) is 11.2. The van der Waals surface area contributed by atoms with Gasteiger partial charge in [-0.05, 0) is 61.3 Å². The van der Waals surface area contributed by atoms with Crippen molar-refractivity contribution in [1.29, 1.82) is 0 Å². The Morgan fingerprint density at radius 3 is 2.91 bits per heavy atom. The van der Waals surface area contributed by atoms with Gasteiger partial charge in [0.25, 0.3) is 0 Å². The lowest BCUT2D eigenvalue weighted by molar-refractivity contribution is 0.135. The summed E-state index contributed by atoms with van der Waals surface area (Å²) in [5.74, 6) is -0.314. The predicted octanol–water partition coefficient (Wildman–Crippen LogP) is 4.53. The van der Waals surface area contributed by atoms with Gasteiger partial charge in [-0.3, -0.25) is 4.90 Å². The summed E-state index contributed by atoms with van der Waals surface area (Å²) in [5.41, 5.74) is 4.94. The van der Waals surface area contributed by atoms with E-state index in [1.165, 1.54) is 17.7 Å². The summed E-state index contributed by atoms with van der Waals surface area (Å²) in [7, 11) is 0. The normalized spacial score (nSPS) is 19.7. The fourth-order valence-corrected chi connectivity index (χ4v) is 2.70. The molecule has 0 aromatic heterocycles. The van der Waals surface area contributed by atoms with Crippen LogP contribution in [0.2, 0.25) is 0 Å². The molecule has 118 valence electrons. The highest BCUT2D eigenvalue weighted by Gasteiger charge is 2.31. The zero-order valence-corrected chi connectivity index (χ0v) is 12.7. The second-order valence-corrected chi connectivity index (χ2v) is 5.59. The summed E-state index contributed by atoms with van der Waals surface area (Å²) in [6, 6.07) is 5.89. The summed E-state index contributed by atoms with van der Waals surface area (Å²) in [6.45, 7) is 0.515. The van der Waals surface area contributed by atoms with Crippen molar-refractivity contribution >= 4 is 11.8 Å². The SMILES string of the molecule is O=C1OC(CCCC2=CC=C=CC=C2)CN1c1ccc(F)cc1. The number of nitrogens with zero attached hydrogens (tertiary/aromatic N) is 1. The van der Waals surface area contributed by atoms with E-state index in [4.69, 9.17) is 4.74 Å². The van der Waals surface area contributed by atoms with Crippen LogP contribution in [-0.2, 0) is 4.74 Å². The second-order valence-electron chi connectivity index (χ2n) is 5.59. The number of amides is 1. The van der Waals surface area contributed by atoms with Gasteiger partial charge in [0, 0.05) is 5.69 Å². The summed E-state index contributed by atoms with van der Waals surface area (Å²) in [6.07, 6.45) is 12.1. The standard InChI is InChI=1S/C19H18FNO2/c20-16-10-12-17(13-11-16)21-14-18(23-19(21)22)9-5-8-15-6-3-1-2-4-7-15/h1,3-4,6-7,10-13,18H,5,8-9,14H2. The van der Waals surface area contributed by atoms with Gasteiger partial charge in [-0.15, -0.1) is 5.73 Å². The first kappa shape index (κ1) is 15.3. The number of hydrogen-bond donors (Lipinski definition) is 0. The molecule has 3 nitrogen and oxygen atoms in total. The van der Waals surface area contributed by atoms with Crippen molar-refractivity contribution in [2.75, 3.05) is 11.4 Å². The zero-order chi connectivity index (χ0) is 16.1. The van der Waals surface area contributed by atoms with Crippen LogP contribution in [0.4, 0.5) is 14.9 Å². The Balaban J connectivity index is 1.51. The van der Waals surface area contributed by atoms with Crippen molar-refractivity contribution < 1.29 is 13.9 Å². The molecule has 0 radical (unpaired) electrons. The van der Waals surface area contributed by atoms with E-state index in [2.05, 4.69) is 11.8 Å². The monoisotopic (exact) mass is 311 g/mol. The summed E-state index contributed by atoms with van der Waals surface area (Å²) < 4.78 is 18.4. The van der Waals surface area contributed by atoms with E-state index in [0.29, 0.717) is 12.2 Å². The predicted molar refractivity (Wildman–Crippen MR) is 87.7 cm³/mol. The highest BCUT2D eigenvalue weighted by molar-refractivity contribution is 5.89. The van der Waals surface area contributed by atoms with E-state index in [0.717, 1.165) is 19.3 Å². The van der Waals surface area contributed by atoms with E-state index in [-0.39, 0.29) is 18.0 Å². The minimum absolute atomic E-state index is 0.114. The molecule has 1 saturated heterocycles. The first-order valence-electron chi connectivity index (χ1n) is 7.74. The van der Waals surface area contributed by atoms with Gasteiger partial charge in [0.2, 0.25) is 0 Å². The number of ether oxygens (including phenoxy) is 1. The fraction of sp³-hybridized carbons (Fsp3) is 0.263. The van der Waals surface area contributed by atoms with Crippen LogP contribution < -0.4 is 4.90 Å². The van der Waals surface area contributed by atoms with Crippen LogP contribution in [-0.4, -0.2) is 18.7 Å². The van der Waals surface area contributed by atoms with Gasteiger partial charge in [-0.25, -0.2) is 9.18 Å². The van der Waals surface area contributed by atoms with Crippen molar-refractivity contribution in [2.24, 2.45) is 0 Å². The van der Waals surface area contributed by atoms with Crippen LogP contribution in [0.25, 0.3) is 0 Å². The average molecular weight is 311 g/mol. The minimum atomic E-state index is -0.359. The maximum atomic E-state index is 13.0. The van der Waals surface area contributed by atoms with Gasteiger partial charge >= 0.3 is 6.09 Å². The molecule has 23 heavy (non-hydrogen) atoms. The van der Waals surface area contributed by atoms with Crippen LogP contribution in [0, 0.1) is 5.82 Å². The average Bonchev–Trinajstić information content (AvgIpc) is 2.75. The van der Waals surface area contributed by atoms with Crippen molar-refractivity contribution in [1.82, 2.24) is 0 Å². The molecule has 1 aromatic carbocycles. The molecule has 1 fully saturated rings. The van der Waals surface area contributed by atoms with E-state index < -0.39 is 0 Å². The zero-order valence-electron chi connectivity index (χ0n) is 12.7. The molecular weight excluding hydrogens is 293 g/mol. The third kappa shape index (κ3) is 3.99. The number of benzene rings is 1. The summed E-state index contributed by atoms with van der Waals surface area (Å²) >= 11 is 0. The van der Waals surface area contributed by atoms with E-state index in [1.807, 2.05) is 24.3 Å². The molecular formula is C19H18FNO2. The molecule has 1 atom stereocenters. The van der Waals surface area contributed by atoms with Crippen molar-refractivity contribution in [3.05, 3.63) is 71.8 Å². The Bertz CT molecular complexity index is 697. The molecule has 1 aliphatic heterocycles. The van der Waals surface area contributed by atoms with E-state index in [9.17, 15) is 9.18 Å². The van der Waals surface area contributed by atoms with Gasteiger partial charge in [0.1, 0.15) is 11.9 Å². The second kappa shape index (κ2) is 7.12. The van der Waals surface area contributed by atoms with Gasteiger partial charge in [0.15, 0.2) is 0 Å². The Kier molecular flexibility index (Phi) is 4.74. The van der Waals surface area contributed by atoms with Crippen LogP contribution in [0.5, 0.6) is 0 Å².